The molecular formula is C14H20N4O2. The Kier molecular flexibility index (Phi) is 3.50. The van der Waals surface area contributed by atoms with Crippen LogP contribution in [0.4, 0.5) is 0 Å². The molecule has 0 spiro atoms. The fourth-order valence-corrected chi connectivity index (χ4v) is 2.73. The number of rotatable bonds is 3. The van der Waals surface area contributed by atoms with Gasteiger partial charge in [-0.05, 0) is 19.2 Å². The van der Waals surface area contributed by atoms with E-state index in [1.807, 2.05) is 6.07 Å². The third kappa shape index (κ3) is 2.44. The molecule has 108 valence electrons. The molecule has 1 saturated heterocycles. The Bertz CT molecular complexity index is 653. The number of aromatic nitrogens is 2. The molecule has 20 heavy (non-hydrogen) atoms. The van der Waals surface area contributed by atoms with Crippen molar-refractivity contribution in [3.8, 4) is 5.75 Å². The van der Waals surface area contributed by atoms with Crippen LogP contribution in [-0.2, 0) is 6.54 Å². The number of para-hydroxylation sites is 1. The summed E-state index contributed by atoms with van der Waals surface area (Å²) in [5.41, 5.74) is 1.13. The highest BCUT2D eigenvalue weighted by Gasteiger charge is 2.15. The number of phenolic OH excluding ortho intramolecular Hbond substituents is 1. The largest absolute Gasteiger partial charge is 0.506 e. The maximum atomic E-state index is 12.0. The monoisotopic (exact) mass is 276 g/mol. The van der Waals surface area contributed by atoms with E-state index in [0.29, 0.717) is 17.6 Å². The Morgan fingerprint density at radius 3 is 2.70 bits per heavy atom. The van der Waals surface area contributed by atoms with Crippen LogP contribution in [0.1, 0.15) is 0 Å². The summed E-state index contributed by atoms with van der Waals surface area (Å²) in [7, 11) is 2.12. The summed E-state index contributed by atoms with van der Waals surface area (Å²) in [5.74, 6) is 0.152. The van der Waals surface area contributed by atoms with Crippen LogP contribution in [0, 0.1) is 0 Å². The minimum atomic E-state index is -0.157. The number of likely N-dealkylation sites (N-methyl/N-ethyl adjacent to an activating group) is 1. The number of benzene rings is 1. The number of fused-ring (bicyclic) bond motifs is 1. The zero-order chi connectivity index (χ0) is 14.1. The fourth-order valence-electron chi connectivity index (χ4n) is 2.73. The molecule has 3 rings (SSSR count). The van der Waals surface area contributed by atoms with E-state index in [2.05, 4.69) is 21.8 Å². The smallest absolute Gasteiger partial charge is 0.326 e. The van der Waals surface area contributed by atoms with Gasteiger partial charge in [0.05, 0.1) is 5.52 Å². The Hall–Kier alpha value is -1.79. The van der Waals surface area contributed by atoms with Gasteiger partial charge in [0.15, 0.2) is 0 Å². The third-order valence-electron chi connectivity index (χ3n) is 4.01. The molecule has 0 bridgehead atoms. The molecule has 6 nitrogen and oxygen atoms in total. The molecule has 2 heterocycles. The summed E-state index contributed by atoms with van der Waals surface area (Å²) in [6.45, 7) is 5.61. The minimum absolute atomic E-state index is 0.152. The lowest BCUT2D eigenvalue weighted by Crippen LogP contribution is -2.45. The molecule has 0 aliphatic carbocycles. The lowest BCUT2D eigenvalue weighted by Gasteiger charge is -2.32. The van der Waals surface area contributed by atoms with Crippen LogP contribution >= 0.6 is 0 Å². The highest BCUT2D eigenvalue weighted by Crippen LogP contribution is 2.21. The van der Waals surface area contributed by atoms with E-state index in [9.17, 15) is 9.90 Å². The van der Waals surface area contributed by atoms with Gasteiger partial charge in [-0.2, -0.15) is 0 Å². The van der Waals surface area contributed by atoms with E-state index in [-0.39, 0.29) is 11.4 Å². The van der Waals surface area contributed by atoms with Gasteiger partial charge in [0.1, 0.15) is 11.3 Å². The van der Waals surface area contributed by atoms with Crippen LogP contribution < -0.4 is 5.69 Å². The van der Waals surface area contributed by atoms with Crippen molar-refractivity contribution in [2.75, 3.05) is 39.8 Å². The quantitative estimate of drug-likeness (QED) is 0.845. The van der Waals surface area contributed by atoms with Crippen LogP contribution in [0.15, 0.2) is 23.0 Å². The first-order valence-corrected chi connectivity index (χ1v) is 6.96. The predicted molar refractivity (Wildman–Crippen MR) is 78.2 cm³/mol. The van der Waals surface area contributed by atoms with Gasteiger partial charge in [-0.1, -0.05) is 6.07 Å². The van der Waals surface area contributed by atoms with Crippen LogP contribution in [0.25, 0.3) is 11.0 Å². The molecule has 1 aromatic carbocycles. The molecule has 1 fully saturated rings. The van der Waals surface area contributed by atoms with Crippen molar-refractivity contribution in [3.63, 3.8) is 0 Å². The Balaban J connectivity index is 1.78. The zero-order valence-electron chi connectivity index (χ0n) is 11.7. The van der Waals surface area contributed by atoms with Gasteiger partial charge in [0.2, 0.25) is 0 Å². The van der Waals surface area contributed by atoms with E-state index in [0.717, 1.165) is 32.7 Å². The lowest BCUT2D eigenvalue weighted by atomic mass is 10.3. The van der Waals surface area contributed by atoms with E-state index in [4.69, 9.17) is 0 Å². The molecule has 2 N–H and O–H groups in total. The predicted octanol–water partition coefficient (Wildman–Crippen LogP) is 0.283. The normalized spacial score (nSPS) is 17.9. The van der Waals surface area contributed by atoms with Crippen molar-refractivity contribution in [1.82, 2.24) is 19.4 Å². The van der Waals surface area contributed by atoms with Gasteiger partial charge >= 0.3 is 5.69 Å². The van der Waals surface area contributed by atoms with Crippen LogP contribution in [-0.4, -0.2) is 64.2 Å². The Morgan fingerprint density at radius 2 is 1.95 bits per heavy atom. The molecule has 0 amide bonds. The van der Waals surface area contributed by atoms with Crippen molar-refractivity contribution in [3.05, 3.63) is 28.7 Å². The van der Waals surface area contributed by atoms with Crippen molar-refractivity contribution in [1.29, 1.82) is 0 Å². The maximum Gasteiger partial charge on any atom is 0.326 e. The standard InChI is InChI=1S/C14H20N4O2/c1-16-5-7-17(8-6-16)9-10-18-13-11(15-14(18)20)3-2-4-12(13)19/h2-4,19H,5-10H2,1H3,(H,15,20). The summed E-state index contributed by atoms with van der Waals surface area (Å²) >= 11 is 0. The third-order valence-corrected chi connectivity index (χ3v) is 4.01. The van der Waals surface area contributed by atoms with Crippen molar-refractivity contribution in [2.45, 2.75) is 6.54 Å². The number of hydrogen-bond donors (Lipinski definition) is 2. The summed E-state index contributed by atoms with van der Waals surface area (Å²) < 4.78 is 1.63. The number of imidazole rings is 1. The van der Waals surface area contributed by atoms with Gasteiger partial charge in [0, 0.05) is 39.3 Å². The molecule has 0 radical (unpaired) electrons. The second kappa shape index (κ2) is 5.30. The van der Waals surface area contributed by atoms with Gasteiger partial charge in [-0.25, -0.2) is 4.79 Å². The van der Waals surface area contributed by atoms with E-state index >= 15 is 0 Å². The van der Waals surface area contributed by atoms with E-state index < -0.39 is 0 Å². The number of nitrogens with zero attached hydrogens (tertiary/aromatic N) is 3. The zero-order valence-corrected chi connectivity index (χ0v) is 11.7. The molecule has 0 atom stereocenters. The van der Waals surface area contributed by atoms with Gasteiger partial charge < -0.3 is 15.0 Å². The van der Waals surface area contributed by atoms with Crippen molar-refractivity contribution < 1.29 is 5.11 Å². The number of aromatic amines is 1. The summed E-state index contributed by atoms with van der Waals surface area (Å²) in [4.78, 5) is 19.4. The Morgan fingerprint density at radius 1 is 1.20 bits per heavy atom. The Labute approximate surface area is 117 Å². The van der Waals surface area contributed by atoms with Gasteiger partial charge in [-0.15, -0.1) is 0 Å². The number of piperazine rings is 1. The molecule has 1 aliphatic heterocycles. The average molecular weight is 276 g/mol. The van der Waals surface area contributed by atoms with Gasteiger partial charge in [0.25, 0.3) is 0 Å². The van der Waals surface area contributed by atoms with E-state index in [1.165, 1.54) is 0 Å². The van der Waals surface area contributed by atoms with Gasteiger partial charge in [-0.3, -0.25) is 9.47 Å². The number of phenols is 1. The summed E-state index contributed by atoms with van der Waals surface area (Å²) in [6.07, 6.45) is 0. The fraction of sp³-hybridized carbons (Fsp3) is 0.500. The minimum Gasteiger partial charge on any atom is -0.506 e. The highest BCUT2D eigenvalue weighted by molar-refractivity contribution is 5.81. The first-order valence-electron chi connectivity index (χ1n) is 6.96. The molecule has 1 aromatic heterocycles. The SMILES string of the molecule is CN1CCN(CCn2c(=O)[nH]c3cccc(O)c32)CC1. The number of hydrogen-bond acceptors (Lipinski definition) is 4. The highest BCUT2D eigenvalue weighted by atomic mass is 16.3. The first-order chi connectivity index (χ1) is 9.65. The topological polar surface area (TPSA) is 64.5 Å². The molecule has 2 aromatic rings. The van der Waals surface area contributed by atoms with Crippen LogP contribution in [0.2, 0.25) is 0 Å². The molecule has 0 saturated carbocycles. The molecule has 0 unspecified atom stereocenters. The van der Waals surface area contributed by atoms with Crippen LogP contribution in [0.3, 0.4) is 0 Å². The molecule has 6 heteroatoms. The van der Waals surface area contributed by atoms with Crippen molar-refractivity contribution in [2.24, 2.45) is 0 Å². The lowest BCUT2D eigenvalue weighted by molar-refractivity contribution is 0.150. The molecular weight excluding hydrogens is 256 g/mol. The second-order valence-corrected chi connectivity index (χ2v) is 5.40. The number of nitrogens with one attached hydrogen (secondary N) is 1. The summed E-state index contributed by atoms with van der Waals surface area (Å²) in [6, 6.07) is 5.16. The second-order valence-electron chi connectivity index (χ2n) is 5.40. The van der Waals surface area contributed by atoms with E-state index in [1.54, 1.807) is 16.7 Å². The van der Waals surface area contributed by atoms with Crippen LogP contribution in [0.5, 0.6) is 5.75 Å². The number of H-pyrrole nitrogens is 1. The van der Waals surface area contributed by atoms with Crippen molar-refractivity contribution >= 4 is 11.0 Å². The average Bonchev–Trinajstić information content (AvgIpc) is 2.75. The number of aromatic hydroxyl groups is 1. The molecule has 1 aliphatic rings. The summed E-state index contributed by atoms with van der Waals surface area (Å²) in [5, 5.41) is 9.94. The first kappa shape index (κ1) is 13.2. The maximum absolute atomic E-state index is 12.0.